The number of methoxy groups -OCH3 is 1. The van der Waals surface area contributed by atoms with Crippen LogP contribution in [0.2, 0.25) is 0 Å². The number of carbonyl (C=O) groups excluding carboxylic acids is 2. The van der Waals surface area contributed by atoms with Gasteiger partial charge in [-0.2, -0.15) is 0 Å². The standard InChI is InChI=1S/C20H32N2O4/c1-20(2,3)26-19(24)21-14-10-9-13-17(18(23)25-5)22(4)15-16-11-7-6-8-12-16/h6-8,11-12,17H,9-10,13-15H2,1-5H3,(H,21,24)/t17-/m0/s1. The summed E-state index contributed by atoms with van der Waals surface area (Å²) in [5.74, 6) is -0.233. The lowest BCUT2D eigenvalue weighted by Gasteiger charge is -2.26. The van der Waals surface area contributed by atoms with Gasteiger partial charge in [0.05, 0.1) is 7.11 Å². The highest BCUT2D eigenvalue weighted by Gasteiger charge is 2.23. The van der Waals surface area contributed by atoms with E-state index in [1.807, 2.05) is 63.1 Å². The Balaban J connectivity index is 2.41. The summed E-state index contributed by atoms with van der Waals surface area (Å²) in [5, 5.41) is 2.73. The zero-order valence-corrected chi connectivity index (χ0v) is 16.6. The number of amides is 1. The highest BCUT2D eigenvalue weighted by molar-refractivity contribution is 5.75. The lowest BCUT2D eigenvalue weighted by Crippen LogP contribution is -2.39. The number of esters is 1. The first-order chi connectivity index (χ1) is 12.2. The van der Waals surface area contributed by atoms with Crippen LogP contribution < -0.4 is 5.32 Å². The van der Waals surface area contributed by atoms with E-state index in [-0.39, 0.29) is 12.0 Å². The molecule has 0 saturated heterocycles. The number of nitrogens with zero attached hydrogens (tertiary/aromatic N) is 1. The molecule has 0 spiro atoms. The Morgan fingerprint density at radius 1 is 1.15 bits per heavy atom. The molecule has 0 saturated carbocycles. The van der Waals surface area contributed by atoms with Crippen molar-refractivity contribution in [2.45, 2.75) is 58.2 Å². The normalized spacial score (nSPS) is 12.5. The zero-order valence-electron chi connectivity index (χ0n) is 16.6. The van der Waals surface area contributed by atoms with E-state index < -0.39 is 11.7 Å². The maximum Gasteiger partial charge on any atom is 0.407 e. The average molecular weight is 364 g/mol. The fraction of sp³-hybridized carbons (Fsp3) is 0.600. The van der Waals surface area contributed by atoms with Gasteiger partial charge in [0.2, 0.25) is 0 Å². The Hall–Kier alpha value is -2.08. The van der Waals surface area contributed by atoms with Crippen LogP contribution in [0.15, 0.2) is 30.3 Å². The molecule has 0 bridgehead atoms. The molecule has 26 heavy (non-hydrogen) atoms. The third kappa shape index (κ3) is 8.85. The number of benzene rings is 1. The first-order valence-electron chi connectivity index (χ1n) is 9.02. The number of hydrogen-bond acceptors (Lipinski definition) is 5. The van der Waals surface area contributed by atoms with Gasteiger partial charge >= 0.3 is 12.1 Å². The molecule has 0 aliphatic carbocycles. The van der Waals surface area contributed by atoms with Gasteiger partial charge in [0.1, 0.15) is 11.6 Å². The second-order valence-corrected chi connectivity index (χ2v) is 7.36. The summed E-state index contributed by atoms with van der Waals surface area (Å²) in [6.45, 7) is 6.68. The smallest absolute Gasteiger partial charge is 0.407 e. The summed E-state index contributed by atoms with van der Waals surface area (Å²) in [6, 6.07) is 9.71. The lowest BCUT2D eigenvalue weighted by molar-refractivity contribution is -0.147. The van der Waals surface area contributed by atoms with Crippen molar-refractivity contribution in [3.63, 3.8) is 0 Å². The molecule has 1 aromatic carbocycles. The monoisotopic (exact) mass is 364 g/mol. The molecular weight excluding hydrogens is 332 g/mol. The predicted molar refractivity (Wildman–Crippen MR) is 102 cm³/mol. The Morgan fingerprint density at radius 3 is 2.38 bits per heavy atom. The highest BCUT2D eigenvalue weighted by Crippen LogP contribution is 2.13. The molecule has 1 N–H and O–H groups in total. The van der Waals surface area contributed by atoms with Gasteiger partial charge < -0.3 is 14.8 Å². The molecule has 6 heteroatoms. The summed E-state index contributed by atoms with van der Waals surface area (Å²) < 4.78 is 10.1. The van der Waals surface area contributed by atoms with Crippen molar-refractivity contribution in [2.24, 2.45) is 0 Å². The van der Waals surface area contributed by atoms with Crippen molar-refractivity contribution < 1.29 is 19.1 Å². The maximum atomic E-state index is 12.1. The molecule has 0 aliphatic rings. The third-order valence-electron chi connectivity index (χ3n) is 3.85. The molecule has 1 amide bonds. The molecule has 0 aromatic heterocycles. The van der Waals surface area contributed by atoms with Crippen LogP contribution in [-0.4, -0.2) is 49.3 Å². The van der Waals surface area contributed by atoms with Crippen LogP contribution in [-0.2, 0) is 20.8 Å². The van der Waals surface area contributed by atoms with Gasteiger partial charge in [0, 0.05) is 13.1 Å². The minimum atomic E-state index is -0.500. The summed E-state index contributed by atoms with van der Waals surface area (Å²) in [4.78, 5) is 25.7. The molecule has 146 valence electrons. The van der Waals surface area contributed by atoms with E-state index in [1.165, 1.54) is 7.11 Å². The first-order valence-corrected chi connectivity index (χ1v) is 9.02. The number of likely N-dealkylation sites (N-methyl/N-ethyl adjacent to an activating group) is 1. The SMILES string of the molecule is COC(=O)[C@H](CCCCNC(=O)OC(C)(C)C)N(C)Cc1ccccc1. The average Bonchev–Trinajstić information content (AvgIpc) is 2.56. The first kappa shape index (κ1) is 22.0. The molecule has 0 unspecified atom stereocenters. The number of unbranched alkanes of at least 4 members (excludes halogenated alkanes) is 1. The Kier molecular flexibility index (Phi) is 9.13. The van der Waals surface area contributed by atoms with Crippen LogP contribution in [0.4, 0.5) is 4.79 Å². The molecule has 1 atom stereocenters. The molecule has 1 rings (SSSR count). The van der Waals surface area contributed by atoms with Crippen molar-refractivity contribution in [3.8, 4) is 0 Å². The van der Waals surface area contributed by atoms with Gasteiger partial charge in [-0.05, 0) is 52.6 Å². The number of alkyl carbamates (subject to hydrolysis) is 1. The van der Waals surface area contributed by atoms with Crippen molar-refractivity contribution in [3.05, 3.63) is 35.9 Å². The van der Waals surface area contributed by atoms with Gasteiger partial charge in [-0.25, -0.2) is 4.79 Å². The number of nitrogens with one attached hydrogen (secondary N) is 1. The fourth-order valence-electron chi connectivity index (χ4n) is 2.60. The predicted octanol–water partition coefficient (Wildman–Crippen LogP) is 3.36. The van der Waals surface area contributed by atoms with Gasteiger partial charge in [-0.15, -0.1) is 0 Å². The van der Waals surface area contributed by atoms with E-state index >= 15 is 0 Å². The number of carbonyl (C=O) groups is 2. The summed E-state index contributed by atoms with van der Waals surface area (Å²) in [7, 11) is 3.34. The molecule has 0 fully saturated rings. The molecule has 6 nitrogen and oxygen atoms in total. The second kappa shape index (κ2) is 10.8. The topological polar surface area (TPSA) is 67.9 Å². The van der Waals surface area contributed by atoms with E-state index in [2.05, 4.69) is 5.32 Å². The highest BCUT2D eigenvalue weighted by atomic mass is 16.6. The van der Waals surface area contributed by atoms with Gasteiger partial charge in [-0.3, -0.25) is 9.69 Å². The largest absolute Gasteiger partial charge is 0.468 e. The van der Waals surface area contributed by atoms with Crippen LogP contribution in [0.5, 0.6) is 0 Å². The molecular formula is C20H32N2O4. The fourth-order valence-corrected chi connectivity index (χ4v) is 2.60. The van der Waals surface area contributed by atoms with Crippen LogP contribution in [0, 0.1) is 0 Å². The minimum Gasteiger partial charge on any atom is -0.468 e. The molecule has 0 radical (unpaired) electrons. The van der Waals surface area contributed by atoms with Crippen molar-refractivity contribution in [2.75, 3.05) is 20.7 Å². The summed E-state index contributed by atoms with van der Waals surface area (Å²) >= 11 is 0. The summed E-state index contributed by atoms with van der Waals surface area (Å²) in [6.07, 6.45) is 1.83. The van der Waals surface area contributed by atoms with E-state index in [1.54, 1.807) is 0 Å². The van der Waals surface area contributed by atoms with Crippen molar-refractivity contribution >= 4 is 12.1 Å². The Morgan fingerprint density at radius 2 is 1.81 bits per heavy atom. The molecule has 0 heterocycles. The van der Waals surface area contributed by atoms with Crippen LogP contribution in [0.3, 0.4) is 0 Å². The zero-order chi connectivity index (χ0) is 19.6. The van der Waals surface area contributed by atoms with Crippen molar-refractivity contribution in [1.82, 2.24) is 10.2 Å². The van der Waals surface area contributed by atoms with E-state index in [4.69, 9.17) is 9.47 Å². The quantitative estimate of drug-likeness (QED) is 0.538. The van der Waals surface area contributed by atoms with E-state index in [9.17, 15) is 9.59 Å². The van der Waals surface area contributed by atoms with E-state index in [0.717, 1.165) is 18.4 Å². The number of hydrogen-bond donors (Lipinski definition) is 1. The Bertz CT molecular complexity index is 555. The van der Waals surface area contributed by atoms with Crippen LogP contribution >= 0.6 is 0 Å². The maximum absolute atomic E-state index is 12.1. The van der Waals surface area contributed by atoms with Gasteiger partial charge in [-0.1, -0.05) is 30.3 Å². The Labute approximate surface area is 156 Å². The lowest BCUT2D eigenvalue weighted by atomic mass is 10.1. The molecule has 0 aliphatic heterocycles. The van der Waals surface area contributed by atoms with E-state index in [0.29, 0.717) is 19.5 Å². The second-order valence-electron chi connectivity index (χ2n) is 7.36. The van der Waals surface area contributed by atoms with Crippen LogP contribution in [0.25, 0.3) is 0 Å². The van der Waals surface area contributed by atoms with Crippen LogP contribution in [0.1, 0.15) is 45.6 Å². The number of rotatable bonds is 9. The van der Waals surface area contributed by atoms with Crippen molar-refractivity contribution in [1.29, 1.82) is 0 Å². The van der Waals surface area contributed by atoms with Gasteiger partial charge in [0.15, 0.2) is 0 Å². The minimum absolute atomic E-state index is 0.233. The number of ether oxygens (including phenoxy) is 2. The summed E-state index contributed by atoms with van der Waals surface area (Å²) in [5.41, 5.74) is 0.649. The molecule has 1 aromatic rings. The van der Waals surface area contributed by atoms with Gasteiger partial charge in [0.25, 0.3) is 0 Å². The third-order valence-corrected chi connectivity index (χ3v) is 3.85.